The van der Waals surface area contributed by atoms with Crippen molar-refractivity contribution in [2.24, 2.45) is 10.1 Å². The third-order valence-corrected chi connectivity index (χ3v) is 5.12. The highest BCUT2D eigenvalue weighted by atomic mass is 32.1. The number of benzene rings is 2. The van der Waals surface area contributed by atoms with Gasteiger partial charge in [-0.15, -0.1) is 11.3 Å². The van der Waals surface area contributed by atoms with Crippen LogP contribution in [0.5, 0.6) is 11.5 Å². The van der Waals surface area contributed by atoms with Crippen LogP contribution in [0.4, 0.5) is 9.18 Å². The van der Waals surface area contributed by atoms with Crippen LogP contribution in [0.25, 0.3) is 11.3 Å². The summed E-state index contributed by atoms with van der Waals surface area (Å²) in [4.78, 5) is 17.4. The Hall–Kier alpha value is -3.46. The van der Waals surface area contributed by atoms with Crippen molar-refractivity contribution in [3.05, 3.63) is 64.0 Å². The first-order chi connectivity index (χ1) is 16.1. The Morgan fingerprint density at radius 2 is 1.82 bits per heavy atom. The van der Waals surface area contributed by atoms with Crippen LogP contribution in [-0.2, 0) is 4.74 Å². The van der Waals surface area contributed by atoms with E-state index in [1.54, 1.807) is 62.0 Å². The van der Waals surface area contributed by atoms with Gasteiger partial charge in [0.1, 0.15) is 11.4 Å². The lowest BCUT2D eigenvalue weighted by Gasteiger charge is -2.19. The van der Waals surface area contributed by atoms with Crippen molar-refractivity contribution in [2.75, 3.05) is 7.11 Å². The lowest BCUT2D eigenvalue weighted by molar-refractivity contribution is 0.0201. The van der Waals surface area contributed by atoms with E-state index in [0.29, 0.717) is 16.1 Å². The Balaban J connectivity index is 1.93. The van der Waals surface area contributed by atoms with Crippen LogP contribution < -0.4 is 14.3 Å². The lowest BCUT2D eigenvalue weighted by Crippen LogP contribution is -2.26. The molecule has 0 N–H and O–H groups in total. The molecule has 0 radical (unpaired) electrons. The maximum Gasteiger partial charge on any atom is 0.514 e. The van der Waals surface area contributed by atoms with Crippen LogP contribution in [0.1, 0.15) is 40.2 Å². The van der Waals surface area contributed by atoms with Crippen LogP contribution in [0.2, 0.25) is 0 Å². The molecule has 0 unspecified atom stereocenters. The van der Waals surface area contributed by atoms with E-state index in [2.05, 4.69) is 10.1 Å². The predicted octanol–water partition coefficient (Wildman–Crippen LogP) is 5.87. The fourth-order valence-corrected chi connectivity index (χ4v) is 3.84. The second-order valence-electron chi connectivity index (χ2n) is 8.67. The largest absolute Gasteiger partial charge is 0.514 e. The molecule has 180 valence electrons. The average molecular weight is 486 g/mol. The van der Waals surface area contributed by atoms with Crippen LogP contribution in [-0.4, -0.2) is 35.8 Å². The van der Waals surface area contributed by atoms with Crippen molar-refractivity contribution in [3.8, 4) is 22.8 Å². The minimum atomic E-state index is -0.815. The average Bonchev–Trinajstić information content (AvgIpc) is 3.13. The number of methoxy groups -OCH3 is 1. The molecule has 0 spiro atoms. The summed E-state index contributed by atoms with van der Waals surface area (Å²) >= 11 is 1.45. The van der Waals surface area contributed by atoms with E-state index in [4.69, 9.17) is 14.2 Å². The Bertz CT molecular complexity index is 1240. The van der Waals surface area contributed by atoms with Gasteiger partial charge in [0.15, 0.2) is 11.5 Å². The highest BCUT2D eigenvalue weighted by molar-refractivity contribution is 7.07. The Labute approximate surface area is 202 Å². The number of hydrogen-bond acceptors (Lipinski definition) is 7. The van der Waals surface area contributed by atoms with Crippen LogP contribution in [0.15, 0.2) is 57.9 Å². The summed E-state index contributed by atoms with van der Waals surface area (Å²) < 4.78 is 31.0. The summed E-state index contributed by atoms with van der Waals surface area (Å²) in [5, 5.41) is 6.56. The normalized spacial score (nSPS) is 12.4. The molecule has 0 saturated heterocycles. The van der Waals surface area contributed by atoms with Crippen molar-refractivity contribution < 1.29 is 23.4 Å². The first-order valence-electron chi connectivity index (χ1n) is 10.7. The predicted molar refractivity (Wildman–Crippen MR) is 131 cm³/mol. The number of hydrogen-bond donors (Lipinski definition) is 0. The second-order valence-corrected chi connectivity index (χ2v) is 9.50. The fourth-order valence-electron chi connectivity index (χ4n) is 2.87. The number of aromatic nitrogens is 1. The molecule has 1 heterocycles. The Kier molecular flexibility index (Phi) is 7.88. The summed E-state index contributed by atoms with van der Waals surface area (Å²) in [6, 6.07) is 11.4. The number of carbonyl (C=O) groups excluding carboxylic acids is 1. The molecule has 9 heteroatoms. The zero-order chi connectivity index (χ0) is 24.9. The molecule has 7 nitrogen and oxygen atoms in total. The smallest absolute Gasteiger partial charge is 0.493 e. The molecule has 0 aliphatic carbocycles. The molecule has 0 saturated carbocycles. The summed E-state index contributed by atoms with van der Waals surface area (Å²) in [6.07, 6.45) is 0.837. The number of thiazole rings is 1. The summed E-state index contributed by atoms with van der Waals surface area (Å²) in [5.74, 6) is 0.289. The minimum absolute atomic E-state index is 0.0746. The molecule has 0 bridgehead atoms. The number of nitrogens with zero attached hydrogens (tertiary/aromatic N) is 3. The van der Waals surface area contributed by atoms with E-state index in [-0.39, 0.29) is 17.6 Å². The number of rotatable bonds is 6. The zero-order valence-corrected chi connectivity index (χ0v) is 20.9. The number of carbonyl (C=O) groups is 1. The Morgan fingerprint density at radius 3 is 2.44 bits per heavy atom. The molecule has 0 fully saturated rings. The fraction of sp³-hybridized carbons (Fsp3) is 0.320. The van der Waals surface area contributed by atoms with Gasteiger partial charge >= 0.3 is 6.16 Å². The molecular weight excluding hydrogens is 457 g/mol. The van der Waals surface area contributed by atoms with Crippen LogP contribution in [0, 0.1) is 5.82 Å². The van der Waals surface area contributed by atoms with Gasteiger partial charge in [0.25, 0.3) is 0 Å². The van der Waals surface area contributed by atoms with E-state index >= 15 is 0 Å². The van der Waals surface area contributed by atoms with Gasteiger partial charge in [-0.05, 0) is 82.6 Å². The maximum absolute atomic E-state index is 13.4. The van der Waals surface area contributed by atoms with Crippen molar-refractivity contribution in [1.29, 1.82) is 0 Å². The van der Waals surface area contributed by atoms with E-state index in [0.717, 1.165) is 11.3 Å². The Morgan fingerprint density at radius 1 is 1.12 bits per heavy atom. The molecule has 0 aliphatic rings. The van der Waals surface area contributed by atoms with Gasteiger partial charge in [-0.25, -0.2) is 13.9 Å². The van der Waals surface area contributed by atoms with E-state index in [1.165, 1.54) is 30.6 Å². The molecule has 0 atom stereocenters. The van der Waals surface area contributed by atoms with Crippen molar-refractivity contribution in [3.63, 3.8) is 0 Å². The lowest BCUT2D eigenvalue weighted by atomic mass is 10.2. The SMILES string of the molecule is COc1cc(C=Nn2c(-c3ccc(F)cc3)csc2=NC(C)C)ccc1OC(=O)OC(C)(C)C. The molecule has 2 aromatic carbocycles. The number of halogens is 1. The third-order valence-electron chi connectivity index (χ3n) is 4.29. The van der Waals surface area contributed by atoms with E-state index in [1.807, 2.05) is 19.2 Å². The third kappa shape index (κ3) is 6.77. The van der Waals surface area contributed by atoms with Gasteiger partial charge in [-0.3, -0.25) is 4.99 Å². The highest BCUT2D eigenvalue weighted by Gasteiger charge is 2.19. The maximum atomic E-state index is 13.4. The minimum Gasteiger partial charge on any atom is -0.493 e. The van der Waals surface area contributed by atoms with Gasteiger partial charge in [0, 0.05) is 17.0 Å². The van der Waals surface area contributed by atoms with Gasteiger partial charge in [-0.1, -0.05) is 0 Å². The molecule has 1 aromatic heterocycles. The van der Waals surface area contributed by atoms with Crippen LogP contribution >= 0.6 is 11.3 Å². The quantitative estimate of drug-likeness (QED) is 0.249. The zero-order valence-electron chi connectivity index (χ0n) is 20.0. The molecule has 0 aliphatic heterocycles. The number of ether oxygens (including phenoxy) is 3. The van der Waals surface area contributed by atoms with Crippen molar-refractivity contribution in [2.45, 2.75) is 46.3 Å². The van der Waals surface area contributed by atoms with Crippen molar-refractivity contribution in [1.82, 2.24) is 4.68 Å². The molecule has 0 amide bonds. The first kappa shape index (κ1) is 25.2. The van der Waals surface area contributed by atoms with Gasteiger partial charge in [0.2, 0.25) is 4.80 Å². The monoisotopic (exact) mass is 485 g/mol. The molecule has 34 heavy (non-hydrogen) atoms. The topological polar surface area (TPSA) is 74.4 Å². The first-order valence-corrected chi connectivity index (χ1v) is 11.6. The van der Waals surface area contributed by atoms with Crippen molar-refractivity contribution >= 4 is 23.7 Å². The summed E-state index contributed by atoms with van der Waals surface area (Å²) in [7, 11) is 1.48. The van der Waals surface area contributed by atoms with Gasteiger partial charge in [-0.2, -0.15) is 5.10 Å². The van der Waals surface area contributed by atoms with Gasteiger partial charge in [0.05, 0.1) is 19.0 Å². The molecule has 3 rings (SSSR count). The highest BCUT2D eigenvalue weighted by Crippen LogP contribution is 2.28. The molecular formula is C25H28FN3O4S. The van der Waals surface area contributed by atoms with E-state index in [9.17, 15) is 9.18 Å². The van der Waals surface area contributed by atoms with Gasteiger partial charge < -0.3 is 14.2 Å². The summed E-state index contributed by atoms with van der Waals surface area (Å²) in [6.45, 7) is 9.24. The second kappa shape index (κ2) is 10.6. The molecule has 3 aromatic rings. The van der Waals surface area contributed by atoms with Crippen LogP contribution in [0.3, 0.4) is 0 Å². The van der Waals surface area contributed by atoms with E-state index < -0.39 is 11.8 Å². The summed E-state index contributed by atoms with van der Waals surface area (Å²) in [5.41, 5.74) is 1.65. The standard InChI is InChI=1S/C25H28FN3O4S/c1-16(2)28-23-29(20(15-34-23)18-8-10-19(26)11-9-18)27-14-17-7-12-21(22(13-17)31-6)32-24(30)33-25(3,4)5/h7-16H,1-6H3.